The van der Waals surface area contributed by atoms with Gasteiger partial charge in [-0.1, -0.05) is 0 Å². The minimum Gasteiger partial charge on any atom is -0.358 e. The van der Waals surface area contributed by atoms with Crippen LogP contribution in [0.4, 0.5) is 11.6 Å². The fraction of sp³-hybridized carbons (Fsp3) is 0.375. The van der Waals surface area contributed by atoms with E-state index in [2.05, 4.69) is 31.1 Å². The van der Waals surface area contributed by atoms with Crippen LogP contribution < -0.4 is 9.80 Å². The molecule has 3 rings (SSSR count). The average Bonchev–Trinajstić information content (AvgIpc) is 3.04. The predicted molar refractivity (Wildman–Crippen MR) is 84.6 cm³/mol. The molecule has 0 aliphatic carbocycles. The standard InChI is InChI=1S/C16H18N6/c1-21(15-7-6-13(10-17)11-18-15)12-14-4-3-9-22(14)16-5-2-8-19-20-16/h2,5-8,11,14H,3-4,9,12H2,1H3/t14-/m1/s1. The van der Waals surface area contributed by atoms with E-state index in [4.69, 9.17) is 5.26 Å². The molecule has 0 N–H and O–H groups in total. The summed E-state index contributed by atoms with van der Waals surface area (Å²) in [7, 11) is 2.03. The summed E-state index contributed by atoms with van der Waals surface area (Å²) in [5.41, 5.74) is 0.583. The van der Waals surface area contributed by atoms with Crippen LogP contribution in [0.2, 0.25) is 0 Å². The summed E-state index contributed by atoms with van der Waals surface area (Å²) in [6, 6.07) is 10.1. The van der Waals surface area contributed by atoms with Gasteiger partial charge in [-0.2, -0.15) is 10.4 Å². The predicted octanol–water partition coefficient (Wildman–Crippen LogP) is 1.85. The van der Waals surface area contributed by atoms with Gasteiger partial charge < -0.3 is 9.80 Å². The topological polar surface area (TPSA) is 68.9 Å². The van der Waals surface area contributed by atoms with Crippen LogP contribution in [-0.4, -0.2) is 41.4 Å². The Bertz CT molecular complexity index is 649. The molecule has 6 nitrogen and oxygen atoms in total. The third kappa shape index (κ3) is 2.98. The molecule has 2 aromatic rings. The van der Waals surface area contributed by atoms with Crippen LogP contribution in [0.15, 0.2) is 36.7 Å². The van der Waals surface area contributed by atoms with E-state index in [-0.39, 0.29) is 0 Å². The largest absolute Gasteiger partial charge is 0.358 e. The second kappa shape index (κ2) is 6.39. The normalized spacial score (nSPS) is 17.3. The van der Waals surface area contributed by atoms with E-state index in [1.165, 1.54) is 0 Å². The number of hydrogen-bond acceptors (Lipinski definition) is 6. The van der Waals surface area contributed by atoms with Crippen LogP contribution in [0.3, 0.4) is 0 Å². The molecule has 0 spiro atoms. The lowest BCUT2D eigenvalue weighted by Crippen LogP contribution is -2.39. The first-order valence-electron chi connectivity index (χ1n) is 7.39. The molecule has 22 heavy (non-hydrogen) atoms. The summed E-state index contributed by atoms with van der Waals surface area (Å²) in [4.78, 5) is 8.78. The van der Waals surface area contributed by atoms with Crippen LogP contribution in [0.5, 0.6) is 0 Å². The van der Waals surface area contributed by atoms with Crippen molar-refractivity contribution in [3.05, 3.63) is 42.2 Å². The van der Waals surface area contributed by atoms with E-state index in [0.29, 0.717) is 11.6 Å². The van der Waals surface area contributed by atoms with Gasteiger partial charge in [-0.15, -0.1) is 5.10 Å². The van der Waals surface area contributed by atoms with Crippen LogP contribution in [0.1, 0.15) is 18.4 Å². The Morgan fingerprint density at radius 2 is 2.32 bits per heavy atom. The third-order valence-electron chi connectivity index (χ3n) is 3.98. The number of nitrogens with zero attached hydrogens (tertiary/aromatic N) is 6. The molecule has 0 amide bonds. The molecular weight excluding hydrogens is 276 g/mol. The lowest BCUT2D eigenvalue weighted by atomic mass is 10.2. The number of nitriles is 1. The van der Waals surface area contributed by atoms with Crippen molar-refractivity contribution in [1.82, 2.24) is 15.2 Å². The fourth-order valence-corrected chi connectivity index (χ4v) is 2.86. The van der Waals surface area contributed by atoms with Gasteiger partial charge >= 0.3 is 0 Å². The van der Waals surface area contributed by atoms with Gasteiger partial charge in [0.2, 0.25) is 0 Å². The molecule has 0 radical (unpaired) electrons. The van der Waals surface area contributed by atoms with Gasteiger partial charge in [-0.25, -0.2) is 4.98 Å². The first kappa shape index (κ1) is 14.3. The molecule has 3 heterocycles. The average molecular weight is 294 g/mol. The van der Waals surface area contributed by atoms with Gasteiger partial charge in [-0.05, 0) is 37.1 Å². The van der Waals surface area contributed by atoms with Crippen molar-refractivity contribution in [2.24, 2.45) is 0 Å². The zero-order chi connectivity index (χ0) is 15.4. The van der Waals surface area contributed by atoms with E-state index in [1.54, 1.807) is 18.5 Å². The van der Waals surface area contributed by atoms with E-state index in [1.807, 2.05) is 25.2 Å². The first-order chi connectivity index (χ1) is 10.8. The Labute approximate surface area is 130 Å². The maximum atomic E-state index is 8.83. The number of pyridine rings is 1. The van der Waals surface area contributed by atoms with Crippen molar-refractivity contribution in [2.45, 2.75) is 18.9 Å². The van der Waals surface area contributed by atoms with Crippen molar-refractivity contribution in [3.63, 3.8) is 0 Å². The Hall–Kier alpha value is -2.68. The van der Waals surface area contributed by atoms with Gasteiger partial charge in [0.25, 0.3) is 0 Å². The lowest BCUT2D eigenvalue weighted by Gasteiger charge is -2.29. The molecule has 0 aromatic carbocycles. The van der Waals surface area contributed by atoms with Crippen molar-refractivity contribution in [1.29, 1.82) is 5.26 Å². The lowest BCUT2D eigenvalue weighted by molar-refractivity contribution is 0.643. The minimum atomic E-state index is 0.402. The first-order valence-corrected chi connectivity index (χ1v) is 7.39. The van der Waals surface area contributed by atoms with Gasteiger partial charge in [0.05, 0.1) is 5.56 Å². The van der Waals surface area contributed by atoms with E-state index < -0.39 is 0 Å². The number of likely N-dealkylation sites (N-methyl/N-ethyl adjacent to an activating group) is 1. The number of anilines is 2. The second-order valence-corrected chi connectivity index (χ2v) is 5.47. The summed E-state index contributed by atoms with van der Waals surface area (Å²) in [5.74, 6) is 1.82. The Kier molecular flexibility index (Phi) is 4.15. The monoisotopic (exact) mass is 294 g/mol. The molecule has 1 aliphatic heterocycles. The van der Waals surface area contributed by atoms with E-state index in [9.17, 15) is 0 Å². The molecule has 1 fully saturated rings. The Morgan fingerprint density at radius 1 is 1.41 bits per heavy atom. The third-order valence-corrected chi connectivity index (χ3v) is 3.98. The van der Waals surface area contributed by atoms with Gasteiger partial charge in [-0.3, -0.25) is 0 Å². The summed E-state index contributed by atoms with van der Waals surface area (Å²) < 4.78 is 0. The molecule has 1 saturated heterocycles. The Balaban J connectivity index is 1.70. The molecule has 1 aliphatic rings. The fourth-order valence-electron chi connectivity index (χ4n) is 2.86. The van der Waals surface area contributed by atoms with Crippen molar-refractivity contribution in [2.75, 3.05) is 29.9 Å². The highest BCUT2D eigenvalue weighted by atomic mass is 15.3. The molecule has 0 bridgehead atoms. The van der Waals surface area contributed by atoms with Crippen LogP contribution in [-0.2, 0) is 0 Å². The molecular formula is C16H18N6. The van der Waals surface area contributed by atoms with Crippen LogP contribution in [0.25, 0.3) is 0 Å². The maximum Gasteiger partial charge on any atom is 0.151 e. The van der Waals surface area contributed by atoms with Crippen molar-refractivity contribution < 1.29 is 0 Å². The van der Waals surface area contributed by atoms with Crippen LogP contribution >= 0.6 is 0 Å². The quantitative estimate of drug-likeness (QED) is 0.857. The summed E-state index contributed by atoms with van der Waals surface area (Å²) in [6.45, 7) is 1.88. The highest BCUT2D eigenvalue weighted by Crippen LogP contribution is 2.24. The zero-order valence-electron chi connectivity index (χ0n) is 12.6. The molecule has 6 heteroatoms. The molecule has 112 valence electrons. The maximum absolute atomic E-state index is 8.83. The van der Waals surface area contributed by atoms with E-state index >= 15 is 0 Å². The highest BCUT2D eigenvalue weighted by molar-refractivity contribution is 5.44. The molecule has 1 atom stereocenters. The molecule has 0 saturated carbocycles. The minimum absolute atomic E-state index is 0.402. The number of aromatic nitrogens is 3. The summed E-state index contributed by atoms with van der Waals surface area (Å²) in [5, 5.41) is 17.0. The van der Waals surface area contributed by atoms with Gasteiger partial charge in [0.1, 0.15) is 11.9 Å². The number of rotatable bonds is 4. The SMILES string of the molecule is CN(C[C@H]1CCCN1c1cccnn1)c1ccc(C#N)cn1. The summed E-state index contributed by atoms with van der Waals surface area (Å²) in [6.07, 6.45) is 5.61. The Morgan fingerprint density at radius 3 is 3.00 bits per heavy atom. The van der Waals surface area contributed by atoms with Crippen molar-refractivity contribution in [3.8, 4) is 6.07 Å². The molecule has 2 aromatic heterocycles. The number of hydrogen-bond donors (Lipinski definition) is 0. The smallest absolute Gasteiger partial charge is 0.151 e. The van der Waals surface area contributed by atoms with Gasteiger partial charge in [0, 0.05) is 38.6 Å². The second-order valence-electron chi connectivity index (χ2n) is 5.47. The van der Waals surface area contributed by atoms with E-state index in [0.717, 1.165) is 37.6 Å². The summed E-state index contributed by atoms with van der Waals surface area (Å²) >= 11 is 0. The zero-order valence-corrected chi connectivity index (χ0v) is 12.6. The van der Waals surface area contributed by atoms with Crippen molar-refractivity contribution >= 4 is 11.6 Å². The molecule has 0 unspecified atom stereocenters. The van der Waals surface area contributed by atoms with Gasteiger partial charge in [0.15, 0.2) is 5.82 Å². The highest BCUT2D eigenvalue weighted by Gasteiger charge is 2.27. The van der Waals surface area contributed by atoms with Crippen LogP contribution in [0, 0.1) is 11.3 Å².